The smallest absolute Gasteiger partial charge is 0.0615 e. The number of ether oxygens (including phenoxy) is 1. The summed E-state index contributed by atoms with van der Waals surface area (Å²) in [5.74, 6) is 0. The monoisotopic (exact) mass is 234 g/mol. The van der Waals surface area contributed by atoms with Crippen LogP contribution in [0.2, 0.25) is 0 Å². The van der Waals surface area contributed by atoms with Gasteiger partial charge in [0.15, 0.2) is 0 Å². The first kappa shape index (κ1) is 12.4. The molecule has 0 aliphatic carbocycles. The fourth-order valence-corrected chi connectivity index (χ4v) is 2.34. The first-order valence-electron chi connectivity index (χ1n) is 6.26. The summed E-state index contributed by atoms with van der Waals surface area (Å²) in [6.45, 7) is 5.02. The minimum Gasteiger partial charge on any atom is -0.384 e. The van der Waals surface area contributed by atoms with Gasteiger partial charge in [-0.15, -0.1) is 0 Å². The highest BCUT2D eigenvalue weighted by atomic mass is 16.5. The normalized spacial score (nSPS) is 15.8. The molecular formula is C14H22N2O. The first-order valence-corrected chi connectivity index (χ1v) is 6.26. The third-order valence-electron chi connectivity index (χ3n) is 3.51. The van der Waals surface area contributed by atoms with Crippen molar-refractivity contribution in [3.05, 3.63) is 29.3 Å². The van der Waals surface area contributed by atoms with Crippen molar-refractivity contribution >= 4 is 5.69 Å². The van der Waals surface area contributed by atoms with Crippen LogP contribution in [0, 0.1) is 0 Å². The lowest BCUT2D eigenvalue weighted by molar-refractivity contribution is 0.112. The molecule has 1 aliphatic heterocycles. The highest BCUT2D eigenvalue weighted by molar-refractivity contribution is 5.61. The van der Waals surface area contributed by atoms with Gasteiger partial charge in [0.2, 0.25) is 0 Å². The standard InChI is InChI=1S/C14H22N2O/c1-11(10-17-3)16(2)9-13-6-4-5-12-7-8-15-14(12)13/h4-6,11,15H,7-10H2,1-3H3. The Kier molecular flexibility index (Phi) is 4.02. The van der Waals surface area contributed by atoms with E-state index >= 15 is 0 Å². The van der Waals surface area contributed by atoms with Crippen LogP contribution >= 0.6 is 0 Å². The molecule has 1 N–H and O–H groups in total. The molecule has 94 valence electrons. The van der Waals surface area contributed by atoms with Gasteiger partial charge in [-0.05, 0) is 31.5 Å². The van der Waals surface area contributed by atoms with E-state index in [9.17, 15) is 0 Å². The molecule has 1 atom stereocenters. The van der Waals surface area contributed by atoms with Gasteiger partial charge in [-0.25, -0.2) is 0 Å². The van der Waals surface area contributed by atoms with Gasteiger partial charge in [0.05, 0.1) is 6.61 Å². The molecule has 2 rings (SSSR count). The fraction of sp³-hybridized carbons (Fsp3) is 0.571. The number of nitrogens with zero attached hydrogens (tertiary/aromatic N) is 1. The van der Waals surface area contributed by atoms with Crippen LogP contribution in [-0.4, -0.2) is 38.3 Å². The summed E-state index contributed by atoms with van der Waals surface area (Å²) in [6, 6.07) is 7.04. The Morgan fingerprint density at radius 2 is 2.29 bits per heavy atom. The third kappa shape index (κ3) is 2.79. The third-order valence-corrected chi connectivity index (χ3v) is 3.51. The number of hydrogen-bond donors (Lipinski definition) is 1. The van der Waals surface area contributed by atoms with Crippen molar-refractivity contribution in [1.29, 1.82) is 0 Å². The molecule has 1 aromatic rings. The minimum absolute atomic E-state index is 0.442. The summed E-state index contributed by atoms with van der Waals surface area (Å²) in [7, 11) is 3.91. The second-order valence-electron chi connectivity index (χ2n) is 4.85. The number of hydrogen-bond acceptors (Lipinski definition) is 3. The van der Waals surface area contributed by atoms with Crippen molar-refractivity contribution in [3.8, 4) is 0 Å². The maximum atomic E-state index is 5.20. The van der Waals surface area contributed by atoms with E-state index < -0.39 is 0 Å². The zero-order chi connectivity index (χ0) is 12.3. The Labute approximate surface area is 104 Å². The van der Waals surface area contributed by atoms with Gasteiger partial charge >= 0.3 is 0 Å². The summed E-state index contributed by atoms with van der Waals surface area (Å²) in [6.07, 6.45) is 1.15. The van der Waals surface area contributed by atoms with Crippen molar-refractivity contribution in [1.82, 2.24) is 4.90 Å². The zero-order valence-electron chi connectivity index (χ0n) is 11.0. The van der Waals surface area contributed by atoms with Gasteiger partial charge in [0.25, 0.3) is 0 Å². The van der Waals surface area contributed by atoms with Crippen molar-refractivity contribution in [2.75, 3.05) is 32.6 Å². The van der Waals surface area contributed by atoms with Crippen molar-refractivity contribution in [2.45, 2.75) is 25.9 Å². The van der Waals surface area contributed by atoms with Crippen LogP contribution in [0.4, 0.5) is 5.69 Å². The van der Waals surface area contributed by atoms with Gasteiger partial charge in [-0.2, -0.15) is 0 Å². The molecule has 0 bridgehead atoms. The Hall–Kier alpha value is -1.06. The molecule has 0 aromatic heterocycles. The van der Waals surface area contributed by atoms with E-state index in [0.717, 1.165) is 26.1 Å². The number of benzene rings is 1. The summed E-state index contributed by atoms with van der Waals surface area (Å²) in [4.78, 5) is 2.33. The quantitative estimate of drug-likeness (QED) is 0.844. The lowest BCUT2D eigenvalue weighted by atomic mass is 10.1. The van der Waals surface area contributed by atoms with Crippen LogP contribution in [0.3, 0.4) is 0 Å². The number of para-hydroxylation sites is 1. The van der Waals surface area contributed by atoms with E-state index in [0.29, 0.717) is 6.04 Å². The minimum atomic E-state index is 0.442. The molecule has 3 nitrogen and oxygen atoms in total. The highest BCUT2D eigenvalue weighted by Gasteiger charge is 2.16. The SMILES string of the molecule is COCC(C)N(C)Cc1cccc2c1NCC2. The molecule has 0 saturated heterocycles. The molecule has 3 heteroatoms. The highest BCUT2D eigenvalue weighted by Crippen LogP contribution is 2.27. The van der Waals surface area contributed by atoms with Crippen molar-refractivity contribution in [3.63, 3.8) is 0 Å². The van der Waals surface area contributed by atoms with Gasteiger partial charge < -0.3 is 10.1 Å². The lowest BCUT2D eigenvalue weighted by Gasteiger charge is -2.25. The summed E-state index contributed by atoms with van der Waals surface area (Å²) in [5.41, 5.74) is 4.20. The first-order chi connectivity index (χ1) is 8.22. The number of rotatable bonds is 5. The van der Waals surface area contributed by atoms with Crippen LogP contribution in [0.5, 0.6) is 0 Å². The van der Waals surface area contributed by atoms with Crippen molar-refractivity contribution < 1.29 is 4.74 Å². The van der Waals surface area contributed by atoms with Crippen LogP contribution in [0.1, 0.15) is 18.1 Å². The molecule has 0 saturated carbocycles. The predicted molar refractivity (Wildman–Crippen MR) is 71.4 cm³/mol. The van der Waals surface area contributed by atoms with Crippen LogP contribution in [0.15, 0.2) is 18.2 Å². The molecule has 1 aromatic carbocycles. The van der Waals surface area contributed by atoms with E-state index in [2.05, 4.69) is 42.4 Å². The average Bonchev–Trinajstić information content (AvgIpc) is 2.78. The van der Waals surface area contributed by atoms with Gasteiger partial charge in [0.1, 0.15) is 0 Å². The number of anilines is 1. The Morgan fingerprint density at radius 3 is 3.06 bits per heavy atom. The molecule has 17 heavy (non-hydrogen) atoms. The summed E-state index contributed by atoms with van der Waals surface area (Å²) in [5, 5.41) is 3.49. The molecule has 1 unspecified atom stereocenters. The second-order valence-corrected chi connectivity index (χ2v) is 4.85. The molecule has 0 spiro atoms. The lowest BCUT2D eigenvalue weighted by Crippen LogP contribution is -2.32. The van der Waals surface area contributed by atoms with E-state index in [1.807, 2.05) is 0 Å². The second kappa shape index (κ2) is 5.52. The molecule has 0 radical (unpaired) electrons. The summed E-state index contributed by atoms with van der Waals surface area (Å²) >= 11 is 0. The number of methoxy groups -OCH3 is 1. The van der Waals surface area contributed by atoms with E-state index in [1.165, 1.54) is 16.8 Å². The molecule has 0 amide bonds. The van der Waals surface area contributed by atoms with E-state index in [4.69, 9.17) is 4.74 Å². The van der Waals surface area contributed by atoms with Gasteiger partial charge in [-0.3, -0.25) is 4.90 Å². The Bertz CT molecular complexity index is 378. The maximum absolute atomic E-state index is 5.20. The topological polar surface area (TPSA) is 24.5 Å². The number of nitrogens with one attached hydrogen (secondary N) is 1. The van der Waals surface area contributed by atoms with Crippen molar-refractivity contribution in [2.24, 2.45) is 0 Å². The molecule has 0 fully saturated rings. The molecule has 1 aliphatic rings. The maximum Gasteiger partial charge on any atom is 0.0615 e. The molecule has 1 heterocycles. The van der Waals surface area contributed by atoms with Crippen LogP contribution < -0.4 is 5.32 Å². The van der Waals surface area contributed by atoms with E-state index in [1.54, 1.807) is 7.11 Å². The fourth-order valence-electron chi connectivity index (χ4n) is 2.34. The van der Waals surface area contributed by atoms with Gasteiger partial charge in [-0.1, -0.05) is 18.2 Å². The predicted octanol–water partition coefficient (Wildman–Crippen LogP) is 2.12. The average molecular weight is 234 g/mol. The van der Waals surface area contributed by atoms with E-state index in [-0.39, 0.29) is 0 Å². The van der Waals surface area contributed by atoms with Crippen LogP contribution in [0.25, 0.3) is 0 Å². The number of likely N-dealkylation sites (N-methyl/N-ethyl adjacent to an activating group) is 1. The Balaban J connectivity index is 2.06. The summed E-state index contributed by atoms with van der Waals surface area (Å²) < 4.78 is 5.20. The number of fused-ring (bicyclic) bond motifs is 1. The Morgan fingerprint density at radius 1 is 1.47 bits per heavy atom. The zero-order valence-corrected chi connectivity index (χ0v) is 11.0. The molecular weight excluding hydrogens is 212 g/mol. The largest absolute Gasteiger partial charge is 0.384 e. The van der Waals surface area contributed by atoms with Crippen LogP contribution in [-0.2, 0) is 17.7 Å². The van der Waals surface area contributed by atoms with Gasteiger partial charge in [0, 0.05) is 31.9 Å².